The molecular formula is C9H10O4. The molecule has 0 aliphatic rings. The molecule has 0 atom stereocenters. The highest BCUT2D eigenvalue weighted by molar-refractivity contribution is 5.92. The van der Waals surface area contributed by atoms with Gasteiger partial charge < -0.3 is 14.9 Å². The van der Waals surface area contributed by atoms with Crippen molar-refractivity contribution in [3.05, 3.63) is 23.3 Å². The Kier molecular flexibility index (Phi) is 2.41. The summed E-state index contributed by atoms with van der Waals surface area (Å²) in [6, 6.07) is 2.83. The van der Waals surface area contributed by atoms with Gasteiger partial charge in [0.1, 0.15) is 17.1 Å². The fourth-order valence-corrected chi connectivity index (χ4v) is 1.13. The number of hydrogen-bond acceptors (Lipinski definition) is 3. The molecule has 0 aliphatic carbocycles. The van der Waals surface area contributed by atoms with Crippen molar-refractivity contribution < 1.29 is 19.7 Å². The van der Waals surface area contributed by atoms with E-state index >= 15 is 0 Å². The lowest BCUT2D eigenvalue weighted by atomic mass is 10.1. The summed E-state index contributed by atoms with van der Waals surface area (Å²) in [7, 11) is 1.45. The molecule has 0 radical (unpaired) electrons. The molecule has 2 N–H and O–H groups in total. The summed E-state index contributed by atoms with van der Waals surface area (Å²) >= 11 is 0. The van der Waals surface area contributed by atoms with Gasteiger partial charge in [0.2, 0.25) is 0 Å². The smallest absolute Gasteiger partial charge is 0.339 e. The maximum atomic E-state index is 10.6. The number of aryl methyl sites for hydroxylation is 1. The normalized spacial score (nSPS) is 9.69. The van der Waals surface area contributed by atoms with Gasteiger partial charge in [0, 0.05) is 6.07 Å². The quantitative estimate of drug-likeness (QED) is 0.725. The van der Waals surface area contributed by atoms with Crippen LogP contribution in [-0.2, 0) is 0 Å². The van der Waals surface area contributed by atoms with E-state index < -0.39 is 5.97 Å². The van der Waals surface area contributed by atoms with Crippen molar-refractivity contribution in [2.24, 2.45) is 0 Å². The summed E-state index contributed by atoms with van der Waals surface area (Å²) in [5.74, 6) is -0.970. The van der Waals surface area contributed by atoms with Gasteiger partial charge in [-0.1, -0.05) is 0 Å². The van der Waals surface area contributed by atoms with Crippen LogP contribution in [0.5, 0.6) is 11.5 Å². The van der Waals surface area contributed by atoms with Crippen LogP contribution in [0.15, 0.2) is 12.1 Å². The zero-order valence-electron chi connectivity index (χ0n) is 7.37. The van der Waals surface area contributed by atoms with Gasteiger partial charge in [-0.15, -0.1) is 0 Å². The summed E-state index contributed by atoms with van der Waals surface area (Å²) in [5.41, 5.74) is 0.394. The zero-order valence-corrected chi connectivity index (χ0v) is 7.37. The van der Waals surface area contributed by atoms with Crippen molar-refractivity contribution in [1.82, 2.24) is 0 Å². The molecule has 0 amide bonds. The van der Waals surface area contributed by atoms with E-state index in [2.05, 4.69) is 0 Å². The summed E-state index contributed by atoms with van der Waals surface area (Å²) in [6.45, 7) is 1.60. The predicted octanol–water partition coefficient (Wildman–Crippen LogP) is 1.41. The molecule has 0 fully saturated rings. The molecule has 0 bridgehead atoms. The number of benzene rings is 1. The second kappa shape index (κ2) is 3.35. The van der Waals surface area contributed by atoms with Gasteiger partial charge in [0.25, 0.3) is 0 Å². The van der Waals surface area contributed by atoms with Crippen molar-refractivity contribution in [2.45, 2.75) is 6.92 Å². The van der Waals surface area contributed by atoms with Gasteiger partial charge in [-0.2, -0.15) is 0 Å². The molecule has 0 saturated heterocycles. The van der Waals surface area contributed by atoms with Gasteiger partial charge in [0.15, 0.2) is 0 Å². The second-order valence-corrected chi connectivity index (χ2v) is 2.64. The van der Waals surface area contributed by atoms with Crippen LogP contribution in [-0.4, -0.2) is 23.3 Å². The van der Waals surface area contributed by atoms with Crippen LogP contribution in [0.25, 0.3) is 0 Å². The van der Waals surface area contributed by atoms with E-state index in [4.69, 9.17) is 9.84 Å². The Labute approximate surface area is 75.4 Å². The van der Waals surface area contributed by atoms with Crippen molar-refractivity contribution in [3.63, 3.8) is 0 Å². The third kappa shape index (κ3) is 1.72. The van der Waals surface area contributed by atoms with E-state index in [1.165, 1.54) is 13.2 Å². The lowest BCUT2D eigenvalue weighted by molar-refractivity contribution is 0.0693. The summed E-state index contributed by atoms with van der Waals surface area (Å²) in [5, 5.41) is 18.0. The van der Waals surface area contributed by atoms with E-state index in [0.717, 1.165) is 0 Å². The molecule has 0 heterocycles. The topological polar surface area (TPSA) is 66.8 Å². The van der Waals surface area contributed by atoms with E-state index in [1.807, 2.05) is 0 Å². The molecule has 0 saturated carbocycles. The molecule has 1 rings (SSSR count). The van der Waals surface area contributed by atoms with Crippen LogP contribution in [0.3, 0.4) is 0 Å². The standard InChI is InChI=1S/C9H10O4/c1-5-3-6(13-2)4-7(10)8(5)9(11)12/h3-4,10H,1-2H3,(H,11,12). The molecule has 70 valence electrons. The molecule has 4 nitrogen and oxygen atoms in total. The molecule has 4 heteroatoms. The van der Waals surface area contributed by atoms with Crippen LogP contribution in [0.4, 0.5) is 0 Å². The number of aromatic hydroxyl groups is 1. The summed E-state index contributed by atoms with van der Waals surface area (Å²) < 4.78 is 4.86. The third-order valence-corrected chi connectivity index (χ3v) is 1.74. The maximum absolute atomic E-state index is 10.6. The highest BCUT2D eigenvalue weighted by Crippen LogP contribution is 2.26. The number of carbonyl (C=O) groups is 1. The van der Waals surface area contributed by atoms with Crippen LogP contribution in [0, 0.1) is 6.92 Å². The minimum Gasteiger partial charge on any atom is -0.507 e. The predicted molar refractivity (Wildman–Crippen MR) is 46.4 cm³/mol. The first kappa shape index (κ1) is 9.38. The van der Waals surface area contributed by atoms with Gasteiger partial charge in [-0.25, -0.2) is 4.79 Å². The number of carboxylic acids is 1. The zero-order chi connectivity index (χ0) is 10.0. The monoisotopic (exact) mass is 182 g/mol. The maximum Gasteiger partial charge on any atom is 0.339 e. The number of rotatable bonds is 2. The van der Waals surface area contributed by atoms with Gasteiger partial charge in [-0.3, -0.25) is 0 Å². The van der Waals surface area contributed by atoms with Gasteiger partial charge >= 0.3 is 5.97 Å². The number of phenols is 1. The average Bonchev–Trinajstić information content (AvgIpc) is 2.02. The van der Waals surface area contributed by atoms with Crippen molar-refractivity contribution in [1.29, 1.82) is 0 Å². The number of hydrogen-bond donors (Lipinski definition) is 2. The molecule has 13 heavy (non-hydrogen) atoms. The molecule has 0 unspecified atom stereocenters. The van der Waals surface area contributed by atoms with Crippen LogP contribution in [0.1, 0.15) is 15.9 Å². The highest BCUT2D eigenvalue weighted by Gasteiger charge is 2.13. The molecule has 1 aromatic carbocycles. The van der Waals surface area contributed by atoms with E-state index in [9.17, 15) is 9.90 Å². The minimum atomic E-state index is -1.14. The van der Waals surface area contributed by atoms with Crippen molar-refractivity contribution >= 4 is 5.97 Å². The Bertz CT molecular complexity index is 320. The SMILES string of the molecule is COc1cc(C)c(C(=O)O)c(O)c1. The first-order valence-electron chi connectivity index (χ1n) is 3.67. The Balaban J connectivity index is 3.31. The molecular weight excluding hydrogens is 172 g/mol. The fourth-order valence-electron chi connectivity index (χ4n) is 1.13. The average molecular weight is 182 g/mol. The fraction of sp³-hybridized carbons (Fsp3) is 0.222. The number of aromatic carboxylic acids is 1. The Morgan fingerprint density at radius 3 is 2.46 bits per heavy atom. The van der Waals surface area contributed by atoms with E-state index in [0.29, 0.717) is 11.3 Å². The highest BCUT2D eigenvalue weighted by atomic mass is 16.5. The molecule has 0 aliphatic heterocycles. The van der Waals surface area contributed by atoms with Crippen molar-refractivity contribution in [2.75, 3.05) is 7.11 Å². The number of carboxylic acid groups (broad SMARTS) is 1. The van der Waals surface area contributed by atoms with Crippen LogP contribution >= 0.6 is 0 Å². The van der Waals surface area contributed by atoms with Crippen LogP contribution < -0.4 is 4.74 Å². The van der Waals surface area contributed by atoms with E-state index in [-0.39, 0.29) is 11.3 Å². The number of ether oxygens (including phenoxy) is 1. The van der Waals surface area contributed by atoms with E-state index in [1.54, 1.807) is 13.0 Å². The molecule has 1 aromatic rings. The van der Waals surface area contributed by atoms with Crippen LogP contribution in [0.2, 0.25) is 0 Å². The van der Waals surface area contributed by atoms with Gasteiger partial charge in [-0.05, 0) is 18.6 Å². The minimum absolute atomic E-state index is 0.0826. The first-order valence-corrected chi connectivity index (χ1v) is 3.67. The molecule has 0 spiro atoms. The second-order valence-electron chi connectivity index (χ2n) is 2.64. The summed E-state index contributed by atoms with van der Waals surface area (Å²) in [4.78, 5) is 10.6. The number of methoxy groups -OCH3 is 1. The Morgan fingerprint density at radius 2 is 2.08 bits per heavy atom. The third-order valence-electron chi connectivity index (χ3n) is 1.74. The lowest BCUT2D eigenvalue weighted by Gasteiger charge is -2.06. The molecule has 0 aromatic heterocycles. The Morgan fingerprint density at radius 1 is 1.46 bits per heavy atom. The lowest BCUT2D eigenvalue weighted by Crippen LogP contribution is -2.00. The largest absolute Gasteiger partial charge is 0.507 e. The summed E-state index contributed by atoms with van der Waals surface area (Å²) in [6.07, 6.45) is 0. The Hall–Kier alpha value is -1.71. The van der Waals surface area contributed by atoms with Gasteiger partial charge in [0.05, 0.1) is 7.11 Å². The van der Waals surface area contributed by atoms with Crippen molar-refractivity contribution in [3.8, 4) is 11.5 Å². The first-order chi connectivity index (χ1) is 6.06.